The van der Waals surface area contributed by atoms with Crippen LogP contribution in [-0.4, -0.2) is 51.5 Å². The molecule has 0 aliphatic carbocycles. The number of carbonyl (C=O) groups excluding carboxylic acids is 1. The minimum Gasteiger partial charge on any atom is -0.348 e. The lowest BCUT2D eigenvalue weighted by molar-refractivity contribution is 0.0746. The molecule has 0 saturated carbocycles. The number of hydrogen-bond donors (Lipinski definition) is 0. The van der Waals surface area contributed by atoms with Crippen LogP contribution in [0.3, 0.4) is 0 Å². The topological polar surface area (TPSA) is 71.3 Å². The van der Waals surface area contributed by atoms with Crippen LogP contribution in [0.2, 0.25) is 0 Å². The smallest absolute Gasteiger partial charge is 0.295 e. The average molecular weight is 454 g/mol. The van der Waals surface area contributed by atoms with Crippen molar-refractivity contribution in [3.05, 3.63) is 99.5 Å². The van der Waals surface area contributed by atoms with Crippen molar-refractivity contribution in [1.29, 1.82) is 0 Å². The van der Waals surface area contributed by atoms with Gasteiger partial charge in [0, 0.05) is 37.9 Å². The van der Waals surface area contributed by atoms with Crippen molar-refractivity contribution in [2.45, 2.75) is 20.4 Å². The minimum atomic E-state index is -0.163. The lowest BCUT2D eigenvalue weighted by Crippen LogP contribution is -2.50. The number of carbonyl (C=O) groups is 1. The number of aromatic nitrogens is 3. The van der Waals surface area contributed by atoms with Gasteiger partial charge >= 0.3 is 0 Å². The third kappa shape index (κ3) is 4.29. The van der Waals surface area contributed by atoms with Crippen LogP contribution in [0.5, 0.6) is 0 Å². The van der Waals surface area contributed by atoms with Crippen molar-refractivity contribution in [1.82, 2.24) is 19.4 Å². The molecule has 0 radical (unpaired) electrons. The van der Waals surface area contributed by atoms with Gasteiger partial charge in [-0.25, -0.2) is 9.97 Å². The molecular formula is C27H27N5O2. The van der Waals surface area contributed by atoms with Crippen LogP contribution >= 0.6 is 0 Å². The van der Waals surface area contributed by atoms with Gasteiger partial charge in [-0.2, -0.15) is 0 Å². The van der Waals surface area contributed by atoms with Gasteiger partial charge in [0.25, 0.3) is 11.5 Å². The Morgan fingerprint density at radius 1 is 0.912 bits per heavy atom. The van der Waals surface area contributed by atoms with Gasteiger partial charge in [0.2, 0.25) is 0 Å². The maximum Gasteiger partial charge on any atom is 0.295 e. The Morgan fingerprint density at radius 3 is 2.32 bits per heavy atom. The lowest BCUT2D eigenvalue weighted by atomic mass is 10.1. The van der Waals surface area contributed by atoms with E-state index in [0.29, 0.717) is 55.3 Å². The van der Waals surface area contributed by atoms with Crippen LogP contribution in [0, 0.1) is 13.8 Å². The third-order valence-electron chi connectivity index (χ3n) is 6.20. The fourth-order valence-electron chi connectivity index (χ4n) is 4.58. The number of fused-ring (bicyclic) bond motifs is 1. The number of anilines is 1. The molecule has 3 heterocycles. The summed E-state index contributed by atoms with van der Waals surface area (Å²) in [5.74, 6) is 0.443. The number of piperazine rings is 1. The second-order valence-electron chi connectivity index (χ2n) is 8.81. The highest BCUT2D eigenvalue weighted by Gasteiger charge is 2.26. The molecule has 2 aromatic heterocycles. The Labute approximate surface area is 198 Å². The van der Waals surface area contributed by atoms with E-state index in [2.05, 4.69) is 16.0 Å². The molecule has 1 aliphatic rings. The molecule has 1 fully saturated rings. The van der Waals surface area contributed by atoms with Gasteiger partial charge in [0.05, 0.1) is 6.54 Å². The monoisotopic (exact) mass is 453 g/mol. The quantitative estimate of drug-likeness (QED) is 0.474. The summed E-state index contributed by atoms with van der Waals surface area (Å²) in [5.41, 5.74) is 4.99. The zero-order chi connectivity index (χ0) is 23.7. The second-order valence-corrected chi connectivity index (χ2v) is 8.81. The molecule has 0 spiro atoms. The summed E-state index contributed by atoms with van der Waals surface area (Å²) in [7, 11) is 0. The molecule has 0 N–H and O–H groups in total. The van der Waals surface area contributed by atoms with E-state index in [4.69, 9.17) is 0 Å². The van der Waals surface area contributed by atoms with Crippen molar-refractivity contribution < 1.29 is 4.79 Å². The van der Waals surface area contributed by atoms with E-state index >= 15 is 0 Å². The summed E-state index contributed by atoms with van der Waals surface area (Å²) >= 11 is 0. The fraction of sp³-hybridized carbons (Fsp3) is 0.259. The first-order chi connectivity index (χ1) is 16.5. The first kappa shape index (κ1) is 21.8. The van der Waals surface area contributed by atoms with Crippen LogP contribution in [0.15, 0.2) is 71.7 Å². The minimum absolute atomic E-state index is 0.0311. The molecule has 1 amide bonds. The molecule has 0 unspecified atom stereocenters. The number of benzene rings is 2. The summed E-state index contributed by atoms with van der Waals surface area (Å²) in [6.07, 6.45) is 1.68. The molecule has 7 nitrogen and oxygen atoms in total. The largest absolute Gasteiger partial charge is 0.348 e. The molecule has 1 aliphatic heterocycles. The molecule has 2 aromatic carbocycles. The van der Waals surface area contributed by atoms with Crippen molar-refractivity contribution in [3.63, 3.8) is 0 Å². The van der Waals surface area contributed by atoms with Crippen LogP contribution in [0.25, 0.3) is 11.2 Å². The summed E-state index contributed by atoms with van der Waals surface area (Å²) in [4.78, 5) is 39.6. The van der Waals surface area contributed by atoms with E-state index in [9.17, 15) is 9.59 Å². The molecule has 5 rings (SSSR count). The average Bonchev–Trinajstić information content (AvgIpc) is 2.85. The van der Waals surface area contributed by atoms with Gasteiger partial charge in [-0.3, -0.25) is 14.2 Å². The van der Waals surface area contributed by atoms with E-state index in [1.165, 1.54) is 0 Å². The van der Waals surface area contributed by atoms with Crippen LogP contribution in [0.1, 0.15) is 27.0 Å². The van der Waals surface area contributed by atoms with Gasteiger partial charge in [0.15, 0.2) is 11.5 Å². The molecule has 1 saturated heterocycles. The Morgan fingerprint density at radius 2 is 1.62 bits per heavy atom. The zero-order valence-electron chi connectivity index (χ0n) is 19.4. The van der Waals surface area contributed by atoms with Gasteiger partial charge in [-0.15, -0.1) is 0 Å². The first-order valence-electron chi connectivity index (χ1n) is 11.5. The Kier molecular flexibility index (Phi) is 5.84. The maximum atomic E-state index is 13.5. The molecule has 0 bridgehead atoms. The lowest BCUT2D eigenvalue weighted by Gasteiger charge is -2.35. The molecule has 0 atom stereocenters. The van der Waals surface area contributed by atoms with Crippen molar-refractivity contribution in [2.24, 2.45) is 0 Å². The number of nitrogens with zero attached hydrogens (tertiary/aromatic N) is 5. The Balaban J connectivity index is 1.41. The highest BCUT2D eigenvalue weighted by Crippen LogP contribution is 2.18. The predicted molar refractivity (Wildman–Crippen MR) is 133 cm³/mol. The summed E-state index contributed by atoms with van der Waals surface area (Å²) in [5, 5.41) is 0. The summed E-state index contributed by atoms with van der Waals surface area (Å²) < 4.78 is 1.69. The van der Waals surface area contributed by atoms with Gasteiger partial charge in [-0.1, -0.05) is 47.5 Å². The first-order valence-corrected chi connectivity index (χ1v) is 11.5. The third-order valence-corrected chi connectivity index (χ3v) is 6.20. The maximum absolute atomic E-state index is 13.5. The van der Waals surface area contributed by atoms with Crippen LogP contribution in [0.4, 0.5) is 5.82 Å². The number of amides is 1. The predicted octanol–water partition coefficient (Wildman–Crippen LogP) is 3.42. The van der Waals surface area contributed by atoms with Gasteiger partial charge in [0.1, 0.15) is 5.52 Å². The van der Waals surface area contributed by atoms with Gasteiger partial charge < -0.3 is 9.80 Å². The van der Waals surface area contributed by atoms with Crippen molar-refractivity contribution >= 4 is 22.9 Å². The van der Waals surface area contributed by atoms with Gasteiger partial charge in [-0.05, 0) is 43.7 Å². The number of rotatable bonds is 4. The zero-order valence-corrected chi connectivity index (χ0v) is 19.4. The van der Waals surface area contributed by atoms with E-state index in [0.717, 1.165) is 16.7 Å². The number of aryl methyl sites for hydroxylation is 2. The SMILES string of the molecule is Cc1cc(C)cc(C(=O)N2CCN(c3nc4cccnc4n(Cc4ccccc4)c3=O)CC2)c1. The van der Waals surface area contributed by atoms with E-state index in [1.54, 1.807) is 10.8 Å². The molecular weight excluding hydrogens is 426 g/mol. The molecule has 172 valence electrons. The van der Waals surface area contributed by atoms with Crippen LogP contribution < -0.4 is 10.5 Å². The van der Waals surface area contributed by atoms with E-state index in [-0.39, 0.29) is 11.5 Å². The highest BCUT2D eigenvalue weighted by molar-refractivity contribution is 5.94. The normalized spacial score (nSPS) is 13.9. The molecule has 34 heavy (non-hydrogen) atoms. The summed E-state index contributed by atoms with van der Waals surface area (Å²) in [6.45, 7) is 6.61. The Hall–Kier alpha value is -4.00. The summed E-state index contributed by atoms with van der Waals surface area (Å²) in [6, 6.07) is 19.5. The Bertz CT molecular complexity index is 1390. The van der Waals surface area contributed by atoms with Crippen LogP contribution in [-0.2, 0) is 6.54 Å². The standard InChI is InChI=1S/C27H27N5O2/c1-19-15-20(2)17-22(16-19)26(33)31-13-11-30(12-14-31)25-27(34)32(18-21-7-4-3-5-8-21)24-23(29-25)9-6-10-28-24/h3-10,15-17H,11-14,18H2,1-2H3. The van der Waals surface area contributed by atoms with Crippen molar-refractivity contribution in [3.8, 4) is 0 Å². The van der Waals surface area contributed by atoms with E-state index in [1.807, 2.05) is 78.2 Å². The second kappa shape index (κ2) is 9.09. The molecule has 4 aromatic rings. The molecule has 7 heteroatoms. The number of hydrogen-bond acceptors (Lipinski definition) is 5. The highest BCUT2D eigenvalue weighted by atomic mass is 16.2. The van der Waals surface area contributed by atoms with E-state index < -0.39 is 0 Å². The number of pyridine rings is 1. The fourth-order valence-corrected chi connectivity index (χ4v) is 4.58. The van der Waals surface area contributed by atoms with Crippen molar-refractivity contribution in [2.75, 3.05) is 31.1 Å².